The molecule has 0 aliphatic carbocycles. The quantitative estimate of drug-likeness (QED) is 0.103. The molecule has 0 rings (SSSR count). The summed E-state index contributed by atoms with van der Waals surface area (Å²) in [6.07, 6.45) is 1.40. The standard InChI is InChI=1S/C10H24N2O4S6.2Na/c11-9(7-21(13)14)1-3-17-19-5-6-20-18-4-2-10(12)8-22(15)16;;/h9-10H,1-8,11-12H2,(H,13,14)(H,15,16);;/q;2*+1/p-2/t9-,10-;;/m1../s1. The van der Waals surface area contributed by atoms with E-state index in [4.69, 9.17) is 11.5 Å². The number of rotatable bonds is 15. The Hall–Kier alpha value is 3.54. The van der Waals surface area contributed by atoms with E-state index >= 15 is 0 Å². The van der Waals surface area contributed by atoms with Crippen LogP contribution in [0.2, 0.25) is 0 Å². The second-order valence-electron chi connectivity index (χ2n) is 4.33. The maximum atomic E-state index is 10.4. The van der Waals surface area contributed by atoms with E-state index in [1.807, 2.05) is 0 Å². The Kier molecular flexibility index (Phi) is 30.6. The van der Waals surface area contributed by atoms with Crippen molar-refractivity contribution in [1.82, 2.24) is 0 Å². The van der Waals surface area contributed by atoms with E-state index < -0.39 is 22.2 Å². The van der Waals surface area contributed by atoms with Gasteiger partial charge in [-0.1, -0.05) is 65.3 Å². The van der Waals surface area contributed by atoms with Gasteiger partial charge in [-0.25, -0.2) is 0 Å². The van der Waals surface area contributed by atoms with Crippen molar-refractivity contribution in [2.24, 2.45) is 11.5 Å². The Morgan fingerprint density at radius 1 is 0.708 bits per heavy atom. The summed E-state index contributed by atoms with van der Waals surface area (Å²) < 4.78 is 41.7. The smallest absolute Gasteiger partial charge is 0.772 e. The number of hydrogen-bond donors (Lipinski definition) is 2. The van der Waals surface area contributed by atoms with Crippen LogP contribution in [0.25, 0.3) is 0 Å². The summed E-state index contributed by atoms with van der Waals surface area (Å²) in [5.41, 5.74) is 11.3. The van der Waals surface area contributed by atoms with Gasteiger partial charge < -0.3 is 20.6 Å². The fourth-order valence-corrected chi connectivity index (χ4v) is 7.28. The predicted octanol–water partition coefficient (Wildman–Crippen LogP) is -5.05. The van der Waals surface area contributed by atoms with Gasteiger partial charge in [-0.2, -0.15) is 0 Å². The molecule has 0 amide bonds. The molecule has 0 aliphatic rings. The topological polar surface area (TPSA) is 132 Å². The average Bonchev–Trinajstić information content (AvgIpc) is 2.39. The summed E-state index contributed by atoms with van der Waals surface area (Å²) in [5, 5.41) is 0. The van der Waals surface area contributed by atoms with Gasteiger partial charge in [0.25, 0.3) is 0 Å². The van der Waals surface area contributed by atoms with Crippen LogP contribution in [-0.2, 0) is 22.2 Å². The fraction of sp³-hybridized carbons (Fsp3) is 1.00. The molecule has 0 aromatic rings. The molecule has 24 heavy (non-hydrogen) atoms. The molecule has 0 saturated carbocycles. The van der Waals surface area contributed by atoms with Gasteiger partial charge in [0, 0.05) is 46.6 Å². The second kappa shape index (κ2) is 22.8. The summed E-state index contributed by atoms with van der Waals surface area (Å²) in [7, 11) is 6.92. The van der Waals surface area contributed by atoms with Gasteiger partial charge in [0.2, 0.25) is 0 Å². The van der Waals surface area contributed by atoms with Crippen LogP contribution in [0.5, 0.6) is 0 Å². The van der Waals surface area contributed by atoms with Crippen LogP contribution < -0.4 is 70.6 Å². The molecule has 0 saturated heterocycles. The van der Waals surface area contributed by atoms with Crippen molar-refractivity contribution in [3.8, 4) is 0 Å². The van der Waals surface area contributed by atoms with Crippen molar-refractivity contribution in [3.63, 3.8) is 0 Å². The molecule has 4 N–H and O–H groups in total. The SMILES string of the molecule is N[C@H](CCSSCCSSCC[C@@H](N)CS(=O)[O-])CS(=O)[O-].[Na+].[Na+]. The molecular formula is C10H22N2Na2O4S6. The van der Waals surface area contributed by atoms with Crippen LogP contribution in [-0.4, -0.2) is 64.1 Å². The van der Waals surface area contributed by atoms with Crippen LogP contribution in [0.15, 0.2) is 0 Å². The first-order valence-electron chi connectivity index (χ1n) is 6.53. The van der Waals surface area contributed by atoms with Crippen molar-refractivity contribution in [3.05, 3.63) is 0 Å². The Bertz CT molecular complexity index is 306. The maximum absolute atomic E-state index is 10.4. The molecule has 6 nitrogen and oxygen atoms in total. The van der Waals surface area contributed by atoms with E-state index in [2.05, 4.69) is 0 Å². The predicted molar refractivity (Wildman–Crippen MR) is 103 cm³/mol. The van der Waals surface area contributed by atoms with Crippen molar-refractivity contribution in [2.75, 3.05) is 34.5 Å². The average molecular weight is 473 g/mol. The third-order valence-electron chi connectivity index (χ3n) is 2.26. The van der Waals surface area contributed by atoms with E-state index in [1.165, 1.54) is 0 Å². The molecule has 0 bridgehead atoms. The van der Waals surface area contributed by atoms with Gasteiger partial charge in [0.05, 0.1) is 0 Å². The van der Waals surface area contributed by atoms with Crippen molar-refractivity contribution >= 4 is 65.3 Å². The van der Waals surface area contributed by atoms with Gasteiger partial charge in [-0.15, -0.1) is 0 Å². The van der Waals surface area contributed by atoms with Crippen molar-refractivity contribution in [1.29, 1.82) is 0 Å². The Morgan fingerprint density at radius 2 is 1.00 bits per heavy atom. The molecule has 0 heterocycles. The third kappa shape index (κ3) is 25.5. The van der Waals surface area contributed by atoms with E-state index in [1.54, 1.807) is 43.2 Å². The van der Waals surface area contributed by atoms with Gasteiger partial charge in [-0.3, -0.25) is 8.42 Å². The van der Waals surface area contributed by atoms with E-state index in [0.29, 0.717) is 12.8 Å². The van der Waals surface area contributed by atoms with Crippen LogP contribution in [0, 0.1) is 0 Å². The first kappa shape index (κ1) is 32.2. The molecule has 14 heteroatoms. The Morgan fingerprint density at radius 3 is 1.29 bits per heavy atom. The molecular weight excluding hydrogens is 451 g/mol. The second-order valence-corrected chi connectivity index (χ2v) is 11.6. The van der Waals surface area contributed by atoms with Gasteiger partial charge in [0.15, 0.2) is 0 Å². The van der Waals surface area contributed by atoms with E-state index in [9.17, 15) is 17.5 Å². The normalized spacial score (nSPS) is 15.7. The third-order valence-corrected chi connectivity index (χ3v) is 8.80. The van der Waals surface area contributed by atoms with E-state index in [-0.39, 0.29) is 82.7 Å². The summed E-state index contributed by atoms with van der Waals surface area (Å²) >= 11 is -4.11. The minimum Gasteiger partial charge on any atom is -0.772 e. The minimum absolute atomic E-state index is 0. The molecule has 0 fully saturated rings. The van der Waals surface area contributed by atoms with Crippen LogP contribution in [0.4, 0.5) is 0 Å². The summed E-state index contributed by atoms with van der Waals surface area (Å²) in [6.45, 7) is 0. The molecule has 0 aliphatic heterocycles. The van der Waals surface area contributed by atoms with Crippen LogP contribution in [0.1, 0.15) is 12.8 Å². The van der Waals surface area contributed by atoms with Crippen LogP contribution in [0.3, 0.4) is 0 Å². The largest absolute Gasteiger partial charge is 1.00 e. The molecule has 134 valence electrons. The molecule has 0 aromatic heterocycles. The minimum atomic E-state index is -2.06. The van der Waals surface area contributed by atoms with E-state index in [0.717, 1.165) is 23.0 Å². The summed E-state index contributed by atoms with van der Waals surface area (Å²) in [4.78, 5) is 0. The van der Waals surface area contributed by atoms with Crippen molar-refractivity contribution in [2.45, 2.75) is 24.9 Å². The first-order valence-corrected chi connectivity index (χ1v) is 14.0. The maximum Gasteiger partial charge on any atom is 1.00 e. The zero-order valence-electron chi connectivity index (χ0n) is 14.0. The fourth-order valence-electron chi connectivity index (χ4n) is 1.22. The number of nitrogens with two attached hydrogens (primary N) is 2. The zero-order valence-corrected chi connectivity index (χ0v) is 22.9. The van der Waals surface area contributed by atoms with Gasteiger partial charge in [-0.05, 0) is 12.8 Å². The summed E-state index contributed by atoms with van der Waals surface area (Å²) in [6, 6.07) is -0.548. The molecule has 0 spiro atoms. The Labute approximate surface area is 210 Å². The Balaban J connectivity index is -0.00000220. The molecule has 0 radical (unpaired) electrons. The monoisotopic (exact) mass is 472 g/mol. The van der Waals surface area contributed by atoms with Crippen molar-refractivity contribution < 1.29 is 76.6 Å². The van der Waals surface area contributed by atoms with Crippen LogP contribution >= 0.6 is 43.2 Å². The van der Waals surface area contributed by atoms with Gasteiger partial charge in [0.1, 0.15) is 0 Å². The summed E-state index contributed by atoms with van der Waals surface area (Å²) in [5.74, 6) is 3.76. The zero-order chi connectivity index (χ0) is 16.8. The molecule has 2 unspecified atom stereocenters. The molecule has 0 aromatic carbocycles. The molecule has 4 atom stereocenters. The number of hydrogen-bond acceptors (Lipinski definition) is 10. The first-order chi connectivity index (χ1) is 10.4. The van der Waals surface area contributed by atoms with Gasteiger partial charge >= 0.3 is 59.1 Å².